The van der Waals surface area contributed by atoms with Crippen LogP contribution >= 0.6 is 11.6 Å². The third kappa shape index (κ3) is 4.52. The number of methoxy groups -OCH3 is 1. The molecule has 5 nitrogen and oxygen atoms in total. The first-order valence-corrected chi connectivity index (χ1v) is 9.94. The summed E-state index contributed by atoms with van der Waals surface area (Å²) in [5.41, 5.74) is 1.66. The number of hydrogen-bond acceptors (Lipinski definition) is 4. The van der Waals surface area contributed by atoms with Crippen LogP contribution in [-0.2, 0) is 20.5 Å². The third-order valence-corrected chi connectivity index (χ3v) is 6.24. The fourth-order valence-electron chi connectivity index (χ4n) is 2.78. The first-order valence-electron chi connectivity index (χ1n) is 7.96. The predicted octanol–water partition coefficient (Wildman–Crippen LogP) is 3.25. The summed E-state index contributed by atoms with van der Waals surface area (Å²) < 4.78 is 37.9. The molecule has 1 fully saturated rings. The molecule has 1 saturated heterocycles. The Bertz CT molecular complexity index is 806. The quantitative estimate of drug-likeness (QED) is 0.797. The molecule has 1 atom stereocenters. The van der Waals surface area contributed by atoms with Gasteiger partial charge in [0, 0.05) is 18.1 Å². The maximum absolute atomic E-state index is 12.7. The molecule has 25 heavy (non-hydrogen) atoms. The van der Waals surface area contributed by atoms with Crippen LogP contribution in [0.4, 0.5) is 0 Å². The second-order valence-electron chi connectivity index (χ2n) is 5.87. The van der Waals surface area contributed by atoms with Gasteiger partial charge in [0.05, 0.1) is 25.6 Å². The Morgan fingerprint density at radius 3 is 2.48 bits per heavy atom. The number of halogens is 1. The van der Waals surface area contributed by atoms with Crippen molar-refractivity contribution in [3.63, 3.8) is 0 Å². The molecule has 3 rings (SSSR count). The van der Waals surface area contributed by atoms with Crippen molar-refractivity contribution in [1.29, 1.82) is 0 Å². The summed E-state index contributed by atoms with van der Waals surface area (Å²) in [6.07, 6.45) is -0.278. The van der Waals surface area contributed by atoms with E-state index in [4.69, 9.17) is 21.1 Å². The number of nitrogens with zero attached hydrogens (tertiary/aromatic N) is 1. The zero-order valence-corrected chi connectivity index (χ0v) is 15.5. The summed E-state index contributed by atoms with van der Waals surface area (Å²) in [6.45, 7) is 1.04. The van der Waals surface area contributed by atoms with Gasteiger partial charge in [0.2, 0.25) is 10.0 Å². The molecule has 7 heteroatoms. The van der Waals surface area contributed by atoms with Crippen molar-refractivity contribution >= 4 is 21.6 Å². The second kappa shape index (κ2) is 7.74. The lowest BCUT2D eigenvalue weighted by Gasteiger charge is -2.32. The maximum Gasteiger partial charge on any atom is 0.218 e. The largest absolute Gasteiger partial charge is 0.497 e. The van der Waals surface area contributed by atoms with E-state index in [2.05, 4.69) is 0 Å². The predicted molar refractivity (Wildman–Crippen MR) is 97.3 cm³/mol. The summed E-state index contributed by atoms with van der Waals surface area (Å²) in [5.74, 6) is 0.714. The molecule has 134 valence electrons. The molecule has 1 aliphatic heterocycles. The van der Waals surface area contributed by atoms with Gasteiger partial charge in [-0.25, -0.2) is 8.42 Å². The van der Waals surface area contributed by atoms with Crippen LogP contribution in [0.25, 0.3) is 0 Å². The lowest BCUT2D eigenvalue weighted by molar-refractivity contribution is -0.00262. The van der Waals surface area contributed by atoms with Gasteiger partial charge in [0.1, 0.15) is 5.75 Å². The monoisotopic (exact) mass is 381 g/mol. The molecule has 0 N–H and O–H groups in total. The SMILES string of the molecule is COc1ccc(C2CN(S(=O)(=O)Cc3ccc(Cl)cc3)CCO2)cc1. The molecular weight excluding hydrogens is 362 g/mol. The minimum Gasteiger partial charge on any atom is -0.497 e. The highest BCUT2D eigenvalue weighted by Gasteiger charge is 2.30. The molecule has 0 aromatic heterocycles. The van der Waals surface area contributed by atoms with Crippen molar-refractivity contribution in [2.24, 2.45) is 0 Å². The molecule has 0 aliphatic carbocycles. The molecule has 2 aromatic carbocycles. The second-order valence-corrected chi connectivity index (χ2v) is 8.28. The average molecular weight is 382 g/mol. The van der Waals surface area contributed by atoms with E-state index in [9.17, 15) is 8.42 Å². The molecule has 1 aliphatic rings. The molecule has 0 amide bonds. The van der Waals surface area contributed by atoms with Crippen LogP contribution in [0.1, 0.15) is 17.2 Å². The van der Waals surface area contributed by atoms with Crippen molar-refractivity contribution in [3.05, 3.63) is 64.7 Å². The highest BCUT2D eigenvalue weighted by Crippen LogP contribution is 2.26. The molecule has 2 aromatic rings. The number of morpholine rings is 1. The molecular formula is C18H20ClNO4S. The zero-order chi connectivity index (χ0) is 17.9. The topological polar surface area (TPSA) is 55.8 Å². The fourth-order valence-corrected chi connectivity index (χ4v) is 4.42. The van der Waals surface area contributed by atoms with Crippen LogP contribution in [0.15, 0.2) is 48.5 Å². The number of rotatable bonds is 5. The molecule has 0 bridgehead atoms. The van der Waals surface area contributed by atoms with Crippen molar-refractivity contribution in [3.8, 4) is 5.75 Å². The molecule has 0 saturated carbocycles. The van der Waals surface area contributed by atoms with E-state index in [1.54, 1.807) is 31.4 Å². The smallest absolute Gasteiger partial charge is 0.218 e. The Labute approximate surface area is 153 Å². The highest BCUT2D eigenvalue weighted by atomic mass is 35.5. The number of sulfonamides is 1. The van der Waals surface area contributed by atoms with Crippen LogP contribution in [0, 0.1) is 0 Å². The summed E-state index contributed by atoms with van der Waals surface area (Å²) in [5, 5.41) is 0.590. The van der Waals surface area contributed by atoms with Gasteiger partial charge in [-0.2, -0.15) is 4.31 Å². The standard InChI is InChI=1S/C18H20ClNO4S/c1-23-17-8-4-15(5-9-17)18-12-20(10-11-24-18)25(21,22)13-14-2-6-16(19)7-3-14/h2-9,18H,10-13H2,1H3. The minimum atomic E-state index is -3.42. The first-order chi connectivity index (χ1) is 12.0. The summed E-state index contributed by atoms with van der Waals surface area (Å²) in [7, 11) is -1.81. The van der Waals surface area contributed by atoms with Crippen LogP contribution in [-0.4, -0.2) is 39.5 Å². The Kier molecular flexibility index (Phi) is 5.64. The van der Waals surface area contributed by atoms with Crippen molar-refractivity contribution in [1.82, 2.24) is 4.31 Å². The maximum atomic E-state index is 12.7. The van der Waals surface area contributed by atoms with Gasteiger partial charge < -0.3 is 9.47 Å². The van der Waals surface area contributed by atoms with Gasteiger partial charge in [-0.15, -0.1) is 0 Å². The summed E-state index contributed by atoms with van der Waals surface area (Å²) >= 11 is 5.85. The van der Waals surface area contributed by atoms with E-state index in [-0.39, 0.29) is 11.9 Å². The zero-order valence-electron chi connectivity index (χ0n) is 13.9. The number of ether oxygens (including phenoxy) is 2. The third-order valence-electron chi connectivity index (χ3n) is 4.17. The van der Waals surface area contributed by atoms with E-state index < -0.39 is 10.0 Å². The lowest BCUT2D eigenvalue weighted by Crippen LogP contribution is -2.42. The Hall–Kier alpha value is -1.60. The van der Waals surface area contributed by atoms with Crippen molar-refractivity contribution < 1.29 is 17.9 Å². The Balaban J connectivity index is 1.71. The normalized spacial score (nSPS) is 18.9. The van der Waals surface area contributed by atoms with Gasteiger partial charge in [0.25, 0.3) is 0 Å². The van der Waals surface area contributed by atoms with Crippen LogP contribution in [0.5, 0.6) is 5.75 Å². The van der Waals surface area contributed by atoms with Gasteiger partial charge in [-0.3, -0.25) is 0 Å². The van der Waals surface area contributed by atoms with Gasteiger partial charge in [-0.05, 0) is 35.4 Å². The average Bonchev–Trinajstić information content (AvgIpc) is 2.64. The number of hydrogen-bond donors (Lipinski definition) is 0. The van der Waals surface area contributed by atoms with Crippen LogP contribution < -0.4 is 4.74 Å². The van der Waals surface area contributed by atoms with Gasteiger partial charge in [-0.1, -0.05) is 35.9 Å². The van der Waals surface area contributed by atoms with Crippen LogP contribution in [0.3, 0.4) is 0 Å². The highest BCUT2D eigenvalue weighted by molar-refractivity contribution is 7.88. The fraction of sp³-hybridized carbons (Fsp3) is 0.333. The van der Waals surface area contributed by atoms with Gasteiger partial charge in [0.15, 0.2) is 0 Å². The van der Waals surface area contributed by atoms with E-state index >= 15 is 0 Å². The Morgan fingerprint density at radius 2 is 1.84 bits per heavy atom. The van der Waals surface area contributed by atoms with Crippen molar-refractivity contribution in [2.45, 2.75) is 11.9 Å². The Morgan fingerprint density at radius 1 is 1.16 bits per heavy atom. The van der Waals surface area contributed by atoms with Crippen molar-refractivity contribution in [2.75, 3.05) is 26.8 Å². The van der Waals surface area contributed by atoms with E-state index in [0.29, 0.717) is 24.7 Å². The van der Waals surface area contributed by atoms with E-state index in [0.717, 1.165) is 16.9 Å². The molecule has 1 heterocycles. The molecule has 0 spiro atoms. The number of benzene rings is 2. The molecule has 0 radical (unpaired) electrons. The first kappa shape index (κ1) is 18.2. The molecule has 1 unspecified atom stereocenters. The van der Waals surface area contributed by atoms with E-state index in [1.807, 2.05) is 24.3 Å². The lowest BCUT2D eigenvalue weighted by atomic mass is 10.1. The van der Waals surface area contributed by atoms with E-state index in [1.165, 1.54) is 4.31 Å². The minimum absolute atomic E-state index is 0.0422. The van der Waals surface area contributed by atoms with Gasteiger partial charge >= 0.3 is 0 Å². The summed E-state index contributed by atoms with van der Waals surface area (Å²) in [4.78, 5) is 0. The summed E-state index contributed by atoms with van der Waals surface area (Å²) in [6, 6.07) is 14.4. The van der Waals surface area contributed by atoms with Crippen LogP contribution in [0.2, 0.25) is 5.02 Å².